The molecular formula is C28H33F2N3O4. The molecule has 2 aromatic carbocycles. The number of ether oxygens (including phenoxy) is 3. The average molecular weight is 514 g/mol. The van der Waals surface area contributed by atoms with E-state index in [2.05, 4.69) is 21.3 Å². The summed E-state index contributed by atoms with van der Waals surface area (Å²) in [7, 11) is 1.66. The maximum absolute atomic E-state index is 14.7. The highest BCUT2D eigenvalue weighted by atomic mass is 19.1. The van der Waals surface area contributed by atoms with Crippen molar-refractivity contribution in [3.05, 3.63) is 64.9 Å². The summed E-state index contributed by atoms with van der Waals surface area (Å²) < 4.78 is 45.7. The van der Waals surface area contributed by atoms with Crippen LogP contribution in [-0.4, -0.2) is 53.9 Å². The third-order valence-electron chi connectivity index (χ3n) is 7.05. The molecule has 3 atom stereocenters. The summed E-state index contributed by atoms with van der Waals surface area (Å²) in [5.74, 6) is -0.307. The van der Waals surface area contributed by atoms with E-state index in [1.165, 1.54) is 10.9 Å². The molecule has 1 amide bonds. The molecule has 1 saturated heterocycles. The van der Waals surface area contributed by atoms with Crippen molar-refractivity contribution in [1.29, 1.82) is 0 Å². The number of nitrogens with zero attached hydrogens (tertiary/aromatic N) is 1. The molecular weight excluding hydrogens is 480 g/mol. The molecule has 5 rings (SSSR count). The van der Waals surface area contributed by atoms with Crippen molar-refractivity contribution in [3.8, 4) is 5.75 Å². The monoisotopic (exact) mass is 513 g/mol. The summed E-state index contributed by atoms with van der Waals surface area (Å²) in [6, 6.07) is 8.69. The molecule has 1 aromatic heterocycles. The van der Waals surface area contributed by atoms with Gasteiger partial charge in [-0.15, -0.1) is 0 Å². The first kappa shape index (κ1) is 25.5. The maximum atomic E-state index is 14.7. The third-order valence-corrected chi connectivity index (χ3v) is 7.05. The van der Waals surface area contributed by atoms with Crippen molar-refractivity contribution in [2.24, 2.45) is 0 Å². The van der Waals surface area contributed by atoms with E-state index >= 15 is 0 Å². The highest BCUT2D eigenvalue weighted by Gasteiger charge is 2.39. The Bertz CT molecular complexity index is 1300. The second-order valence-corrected chi connectivity index (χ2v) is 10.8. The Morgan fingerprint density at radius 1 is 1.19 bits per heavy atom. The number of carbonyl (C=O) groups excluding carboxylic acids is 1. The normalized spacial score (nSPS) is 22.5. The number of rotatable bonds is 4. The Hall–Kier alpha value is -3.17. The number of nitrogens with one attached hydrogen (secondary N) is 2. The zero-order valence-corrected chi connectivity index (χ0v) is 21.6. The Morgan fingerprint density at radius 3 is 2.76 bits per heavy atom. The van der Waals surface area contributed by atoms with Crippen LogP contribution >= 0.6 is 0 Å². The van der Waals surface area contributed by atoms with Gasteiger partial charge in [-0.25, -0.2) is 13.6 Å². The smallest absolute Gasteiger partial charge is 0.407 e. The second kappa shape index (κ2) is 9.95. The van der Waals surface area contributed by atoms with E-state index in [9.17, 15) is 13.6 Å². The minimum Gasteiger partial charge on any atom is -0.497 e. The SMILES string of the molecule is COc1ccc2[nH]c3c(c2c1)CCN([C@H]1CO[C@H](c2cc(F)ccc2F)[C@@H](NC(=O)OC(C)(C)C)C1)C3. The number of hydrogen-bond donors (Lipinski definition) is 2. The van der Waals surface area contributed by atoms with Crippen molar-refractivity contribution in [2.75, 3.05) is 20.3 Å². The fraction of sp³-hybridized carbons (Fsp3) is 0.464. The minimum atomic E-state index is -0.833. The number of aromatic nitrogens is 1. The van der Waals surface area contributed by atoms with Gasteiger partial charge in [0.25, 0.3) is 0 Å². The fourth-order valence-electron chi connectivity index (χ4n) is 5.38. The van der Waals surface area contributed by atoms with E-state index in [0.717, 1.165) is 48.1 Å². The standard InChI is InChI=1S/C28H33F2N3O4/c1-28(2,3)37-27(34)32-24-12-17(15-36-26(24)21-11-16(29)5-7-22(21)30)33-10-9-19-20-13-18(35-4)6-8-23(20)31-25(19)14-33/h5-8,11,13,17,24,26,31H,9-10,12,14-15H2,1-4H3,(H,32,34)/t17-,24+,26-/m1/s1. The third kappa shape index (κ3) is 5.43. The molecule has 198 valence electrons. The molecule has 2 aliphatic rings. The van der Waals surface area contributed by atoms with E-state index in [-0.39, 0.29) is 11.6 Å². The number of carbonyl (C=O) groups is 1. The van der Waals surface area contributed by atoms with Gasteiger partial charge < -0.3 is 24.5 Å². The summed E-state index contributed by atoms with van der Waals surface area (Å²) in [5.41, 5.74) is 2.89. The number of aromatic amines is 1. The molecule has 0 spiro atoms. The van der Waals surface area contributed by atoms with Gasteiger partial charge in [0.2, 0.25) is 0 Å². The Balaban J connectivity index is 1.37. The highest BCUT2D eigenvalue weighted by molar-refractivity contribution is 5.86. The number of fused-ring (bicyclic) bond motifs is 3. The first-order valence-electron chi connectivity index (χ1n) is 12.6. The number of halogens is 2. The molecule has 2 aliphatic heterocycles. The summed E-state index contributed by atoms with van der Waals surface area (Å²) in [6.45, 7) is 7.16. The summed E-state index contributed by atoms with van der Waals surface area (Å²) >= 11 is 0. The maximum Gasteiger partial charge on any atom is 0.407 e. The Kier molecular flexibility index (Phi) is 6.85. The van der Waals surface area contributed by atoms with E-state index in [1.807, 2.05) is 12.1 Å². The number of methoxy groups -OCH3 is 1. The lowest BCUT2D eigenvalue weighted by Gasteiger charge is -2.42. The fourth-order valence-corrected chi connectivity index (χ4v) is 5.38. The highest BCUT2D eigenvalue weighted by Crippen LogP contribution is 2.36. The first-order chi connectivity index (χ1) is 17.6. The van der Waals surface area contributed by atoms with Gasteiger partial charge in [-0.1, -0.05) is 0 Å². The molecule has 3 heterocycles. The van der Waals surface area contributed by atoms with Crippen LogP contribution in [0.25, 0.3) is 10.9 Å². The first-order valence-corrected chi connectivity index (χ1v) is 12.6. The molecule has 37 heavy (non-hydrogen) atoms. The minimum absolute atomic E-state index is 0.0260. The van der Waals surface area contributed by atoms with Crippen molar-refractivity contribution in [2.45, 2.75) is 63.9 Å². The molecule has 0 radical (unpaired) electrons. The van der Waals surface area contributed by atoms with Crippen LogP contribution in [-0.2, 0) is 22.4 Å². The quantitative estimate of drug-likeness (QED) is 0.499. The van der Waals surface area contributed by atoms with E-state index in [0.29, 0.717) is 19.6 Å². The van der Waals surface area contributed by atoms with E-state index in [4.69, 9.17) is 14.2 Å². The molecule has 9 heteroatoms. The average Bonchev–Trinajstić information content (AvgIpc) is 3.21. The number of benzene rings is 2. The van der Waals surface area contributed by atoms with Crippen LogP contribution in [0.5, 0.6) is 5.75 Å². The lowest BCUT2D eigenvalue weighted by atomic mass is 9.91. The molecule has 0 saturated carbocycles. The van der Waals surface area contributed by atoms with E-state index < -0.39 is 35.5 Å². The van der Waals surface area contributed by atoms with Gasteiger partial charge >= 0.3 is 6.09 Å². The number of alkyl carbamates (subject to hydrolysis) is 1. The van der Waals surface area contributed by atoms with Gasteiger partial charge in [0.1, 0.15) is 29.1 Å². The van der Waals surface area contributed by atoms with Crippen LogP contribution in [0.2, 0.25) is 0 Å². The Morgan fingerprint density at radius 2 is 2.00 bits per heavy atom. The van der Waals surface area contributed by atoms with Gasteiger partial charge in [-0.05, 0) is 75.6 Å². The van der Waals surface area contributed by atoms with Crippen LogP contribution in [0.1, 0.15) is 50.1 Å². The number of amides is 1. The molecule has 7 nitrogen and oxygen atoms in total. The summed E-state index contributed by atoms with van der Waals surface area (Å²) in [6.07, 6.45) is -0.0941. The number of hydrogen-bond acceptors (Lipinski definition) is 5. The Labute approximate surface area is 215 Å². The van der Waals surface area contributed by atoms with Gasteiger partial charge in [0.15, 0.2) is 0 Å². The summed E-state index contributed by atoms with van der Waals surface area (Å²) in [5, 5.41) is 4.04. The molecule has 2 N–H and O–H groups in total. The topological polar surface area (TPSA) is 75.8 Å². The van der Waals surface area contributed by atoms with Gasteiger partial charge in [-0.3, -0.25) is 4.90 Å². The van der Waals surface area contributed by atoms with Gasteiger partial charge in [0.05, 0.1) is 19.8 Å². The van der Waals surface area contributed by atoms with Crippen LogP contribution in [0.15, 0.2) is 36.4 Å². The van der Waals surface area contributed by atoms with Crippen LogP contribution in [0.4, 0.5) is 13.6 Å². The van der Waals surface area contributed by atoms with E-state index in [1.54, 1.807) is 27.9 Å². The van der Waals surface area contributed by atoms with Crippen molar-refractivity contribution in [3.63, 3.8) is 0 Å². The lowest BCUT2D eigenvalue weighted by molar-refractivity contribution is -0.0643. The zero-order valence-electron chi connectivity index (χ0n) is 21.6. The van der Waals surface area contributed by atoms with Crippen molar-refractivity contribution < 1.29 is 27.8 Å². The zero-order chi connectivity index (χ0) is 26.3. The number of H-pyrrole nitrogens is 1. The lowest BCUT2D eigenvalue weighted by Crippen LogP contribution is -2.53. The summed E-state index contributed by atoms with van der Waals surface area (Å²) in [4.78, 5) is 18.5. The van der Waals surface area contributed by atoms with Crippen molar-refractivity contribution in [1.82, 2.24) is 15.2 Å². The molecule has 0 aliphatic carbocycles. The van der Waals surface area contributed by atoms with Crippen LogP contribution in [0, 0.1) is 11.6 Å². The predicted octanol–water partition coefficient (Wildman–Crippen LogP) is 5.24. The largest absolute Gasteiger partial charge is 0.497 e. The van der Waals surface area contributed by atoms with Gasteiger partial charge in [0, 0.05) is 41.3 Å². The molecule has 0 unspecified atom stereocenters. The van der Waals surface area contributed by atoms with Crippen LogP contribution < -0.4 is 10.1 Å². The molecule has 3 aromatic rings. The van der Waals surface area contributed by atoms with Crippen LogP contribution in [0.3, 0.4) is 0 Å². The molecule has 0 bridgehead atoms. The van der Waals surface area contributed by atoms with Gasteiger partial charge in [-0.2, -0.15) is 0 Å². The van der Waals surface area contributed by atoms with Crippen molar-refractivity contribution >= 4 is 17.0 Å². The predicted molar refractivity (Wildman–Crippen MR) is 136 cm³/mol. The molecule has 1 fully saturated rings. The second-order valence-electron chi connectivity index (χ2n) is 10.8.